The highest BCUT2D eigenvalue weighted by atomic mass is 32.2. The number of aromatic carboxylic acids is 1. The molecule has 1 saturated heterocycles. The standard InChI is InChI=1S/C13H18N2O2S/c1-13(2)4-6-15(7-8-18-13)11-3-5-14-9-10(11)12(16)17/h3,5,9H,4,6-8H2,1-2H3,(H,16,17). The molecule has 0 bridgehead atoms. The Labute approximate surface area is 111 Å². The van der Waals surface area contributed by atoms with E-state index in [2.05, 4.69) is 23.7 Å². The van der Waals surface area contributed by atoms with Gasteiger partial charge >= 0.3 is 5.97 Å². The zero-order valence-electron chi connectivity index (χ0n) is 10.7. The SMILES string of the molecule is CC1(C)CCN(c2ccncc2C(=O)O)CCS1. The number of carboxylic acid groups (broad SMARTS) is 1. The smallest absolute Gasteiger partial charge is 0.339 e. The topological polar surface area (TPSA) is 53.4 Å². The minimum Gasteiger partial charge on any atom is -0.478 e. The number of carbonyl (C=O) groups is 1. The summed E-state index contributed by atoms with van der Waals surface area (Å²) >= 11 is 1.95. The number of aromatic nitrogens is 1. The van der Waals surface area contributed by atoms with Crippen LogP contribution in [-0.4, -0.2) is 39.6 Å². The largest absolute Gasteiger partial charge is 0.478 e. The van der Waals surface area contributed by atoms with Gasteiger partial charge in [-0.2, -0.15) is 11.8 Å². The van der Waals surface area contributed by atoms with Crippen LogP contribution in [0.15, 0.2) is 18.5 Å². The first kappa shape index (κ1) is 13.2. The van der Waals surface area contributed by atoms with Gasteiger partial charge < -0.3 is 10.0 Å². The molecule has 0 saturated carbocycles. The van der Waals surface area contributed by atoms with E-state index < -0.39 is 5.97 Å². The van der Waals surface area contributed by atoms with Gasteiger partial charge in [-0.05, 0) is 12.5 Å². The molecule has 2 rings (SSSR count). The lowest BCUT2D eigenvalue weighted by Gasteiger charge is -2.25. The Morgan fingerprint density at radius 3 is 3.00 bits per heavy atom. The summed E-state index contributed by atoms with van der Waals surface area (Å²) in [6.07, 6.45) is 4.14. The second-order valence-corrected chi connectivity index (χ2v) is 6.85. The molecule has 18 heavy (non-hydrogen) atoms. The Hall–Kier alpha value is -1.23. The van der Waals surface area contributed by atoms with Gasteiger partial charge in [0.25, 0.3) is 0 Å². The number of hydrogen-bond acceptors (Lipinski definition) is 4. The summed E-state index contributed by atoms with van der Waals surface area (Å²) in [5, 5.41) is 9.20. The number of anilines is 1. The van der Waals surface area contributed by atoms with E-state index in [0.717, 1.165) is 31.0 Å². The number of rotatable bonds is 2. The molecule has 1 aliphatic rings. The van der Waals surface area contributed by atoms with Crippen molar-refractivity contribution in [3.8, 4) is 0 Å². The molecule has 0 spiro atoms. The highest BCUT2D eigenvalue weighted by molar-refractivity contribution is 8.00. The summed E-state index contributed by atoms with van der Waals surface area (Å²) in [4.78, 5) is 17.3. The van der Waals surface area contributed by atoms with Gasteiger partial charge in [-0.25, -0.2) is 4.79 Å². The van der Waals surface area contributed by atoms with E-state index in [0.29, 0.717) is 5.56 Å². The monoisotopic (exact) mass is 266 g/mol. The third kappa shape index (κ3) is 2.96. The molecular formula is C13H18N2O2S. The van der Waals surface area contributed by atoms with E-state index in [9.17, 15) is 9.90 Å². The number of pyridine rings is 1. The first-order valence-electron chi connectivity index (χ1n) is 6.06. The van der Waals surface area contributed by atoms with Crippen molar-refractivity contribution in [2.45, 2.75) is 25.0 Å². The van der Waals surface area contributed by atoms with Crippen molar-refractivity contribution in [3.05, 3.63) is 24.0 Å². The predicted octanol–water partition coefficient (Wildman–Crippen LogP) is 2.50. The fourth-order valence-corrected chi connectivity index (χ4v) is 3.19. The van der Waals surface area contributed by atoms with E-state index in [1.54, 1.807) is 12.3 Å². The third-order valence-corrected chi connectivity index (χ3v) is 4.58. The molecule has 1 aromatic heterocycles. The normalized spacial score (nSPS) is 19.3. The number of hydrogen-bond donors (Lipinski definition) is 1. The quantitative estimate of drug-likeness (QED) is 0.891. The fourth-order valence-electron chi connectivity index (χ4n) is 2.09. The molecule has 0 aromatic carbocycles. The Kier molecular flexibility index (Phi) is 3.80. The maximum absolute atomic E-state index is 11.2. The summed E-state index contributed by atoms with van der Waals surface area (Å²) in [6, 6.07) is 1.80. The van der Waals surface area contributed by atoms with E-state index in [-0.39, 0.29) is 4.75 Å². The van der Waals surface area contributed by atoms with Gasteiger partial charge in [0.2, 0.25) is 0 Å². The highest BCUT2D eigenvalue weighted by Crippen LogP contribution is 2.32. The number of nitrogens with zero attached hydrogens (tertiary/aromatic N) is 2. The summed E-state index contributed by atoms with van der Waals surface area (Å²) in [5.41, 5.74) is 1.08. The number of thioether (sulfide) groups is 1. The number of carboxylic acids is 1. The third-order valence-electron chi connectivity index (χ3n) is 3.21. The van der Waals surface area contributed by atoms with Crippen LogP contribution in [0.1, 0.15) is 30.6 Å². The van der Waals surface area contributed by atoms with Gasteiger partial charge in [-0.15, -0.1) is 0 Å². The van der Waals surface area contributed by atoms with Crippen LogP contribution in [0, 0.1) is 0 Å². The van der Waals surface area contributed by atoms with Crippen molar-refractivity contribution < 1.29 is 9.90 Å². The van der Waals surface area contributed by atoms with Crippen LogP contribution < -0.4 is 4.90 Å². The van der Waals surface area contributed by atoms with E-state index in [1.807, 2.05) is 11.8 Å². The van der Waals surface area contributed by atoms with Crippen molar-refractivity contribution in [1.82, 2.24) is 4.98 Å². The van der Waals surface area contributed by atoms with Crippen LogP contribution in [0.25, 0.3) is 0 Å². The minimum atomic E-state index is -0.908. The van der Waals surface area contributed by atoms with Crippen LogP contribution in [-0.2, 0) is 0 Å². The van der Waals surface area contributed by atoms with Gasteiger partial charge in [0, 0.05) is 36.0 Å². The molecule has 5 heteroatoms. The Balaban J connectivity index is 2.24. The lowest BCUT2D eigenvalue weighted by atomic mass is 10.1. The average molecular weight is 266 g/mol. The highest BCUT2D eigenvalue weighted by Gasteiger charge is 2.25. The van der Waals surface area contributed by atoms with Crippen molar-refractivity contribution in [3.63, 3.8) is 0 Å². The minimum absolute atomic E-state index is 0.269. The zero-order valence-corrected chi connectivity index (χ0v) is 11.5. The van der Waals surface area contributed by atoms with Crippen LogP contribution in [0.3, 0.4) is 0 Å². The maximum Gasteiger partial charge on any atom is 0.339 e. The Morgan fingerprint density at radius 2 is 2.28 bits per heavy atom. The molecule has 0 atom stereocenters. The molecule has 1 N–H and O–H groups in total. The second kappa shape index (κ2) is 5.18. The summed E-state index contributed by atoms with van der Waals surface area (Å²) in [6.45, 7) is 6.26. The molecule has 1 aromatic rings. The first-order valence-corrected chi connectivity index (χ1v) is 7.04. The van der Waals surface area contributed by atoms with Crippen molar-refractivity contribution in [2.75, 3.05) is 23.7 Å². The van der Waals surface area contributed by atoms with Gasteiger partial charge in [-0.3, -0.25) is 4.98 Å². The predicted molar refractivity (Wildman–Crippen MR) is 74.6 cm³/mol. The fraction of sp³-hybridized carbons (Fsp3) is 0.538. The molecule has 0 radical (unpaired) electrons. The Morgan fingerprint density at radius 1 is 1.50 bits per heavy atom. The molecular weight excluding hydrogens is 248 g/mol. The molecule has 0 unspecified atom stereocenters. The summed E-state index contributed by atoms with van der Waals surface area (Å²) < 4.78 is 0.269. The van der Waals surface area contributed by atoms with Crippen LogP contribution in [0.2, 0.25) is 0 Å². The molecule has 0 aliphatic carbocycles. The van der Waals surface area contributed by atoms with Crippen molar-refractivity contribution in [1.29, 1.82) is 0 Å². The molecule has 4 nitrogen and oxygen atoms in total. The van der Waals surface area contributed by atoms with Crippen LogP contribution in [0.5, 0.6) is 0 Å². The molecule has 1 fully saturated rings. The second-order valence-electron chi connectivity index (χ2n) is 5.04. The lowest BCUT2D eigenvalue weighted by Crippen LogP contribution is -2.28. The summed E-state index contributed by atoms with van der Waals surface area (Å²) in [7, 11) is 0. The molecule has 1 aliphatic heterocycles. The van der Waals surface area contributed by atoms with E-state index >= 15 is 0 Å². The van der Waals surface area contributed by atoms with Crippen LogP contribution in [0.4, 0.5) is 5.69 Å². The summed E-state index contributed by atoms with van der Waals surface area (Å²) in [5.74, 6) is 0.114. The lowest BCUT2D eigenvalue weighted by molar-refractivity contribution is 0.0697. The van der Waals surface area contributed by atoms with Gasteiger partial charge in [0.1, 0.15) is 5.56 Å². The molecule has 0 amide bonds. The van der Waals surface area contributed by atoms with Gasteiger partial charge in [0.05, 0.1) is 5.69 Å². The first-order chi connectivity index (χ1) is 8.49. The maximum atomic E-state index is 11.2. The van der Waals surface area contributed by atoms with Gasteiger partial charge in [-0.1, -0.05) is 13.8 Å². The molecule has 2 heterocycles. The van der Waals surface area contributed by atoms with Crippen LogP contribution >= 0.6 is 11.8 Å². The van der Waals surface area contributed by atoms with E-state index in [4.69, 9.17) is 0 Å². The van der Waals surface area contributed by atoms with E-state index in [1.165, 1.54) is 6.20 Å². The average Bonchev–Trinajstić information content (AvgIpc) is 2.50. The van der Waals surface area contributed by atoms with Crippen molar-refractivity contribution in [2.24, 2.45) is 0 Å². The van der Waals surface area contributed by atoms with Crippen molar-refractivity contribution >= 4 is 23.4 Å². The molecule has 98 valence electrons. The van der Waals surface area contributed by atoms with Gasteiger partial charge in [0.15, 0.2) is 0 Å². The zero-order chi connectivity index (χ0) is 13.2. The Bertz CT molecular complexity index is 448.